The van der Waals surface area contributed by atoms with E-state index in [-0.39, 0.29) is 30.1 Å². The first-order valence-corrected chi connectivity index (χ1v) is 12.7. The Morgan fingerprint density at radius 3 is 2.46 bits per heavy atom. The molecule has 3 rings (SSSR count). The number of halogens is 1. The average molecular weight is 501 g/mol. The second kappa shape index (κ2) is 11.7. The van der Waals surface area contributed by atoms with Crippen LogP contribution in [-0.2, 0) is 4.79 Å². The van der Waals surface area contributed by atoms with Gasteiger partial charge in [-0.25, -0.2) is 4.79 Å². The first kappa shape index (κ1) is 26.7. The van der Waals surface area contributed by atoms with Crippen molar-refractivity contribution in [3.8, 4) is 11.3 Å². The van der Waals surface area contributed by atoms with Crippen molar-refractivity contribution < 1.29 is 9.59 Å². The molecule has 190 valence electrons. The van der Waals surface area contributed by atoms with Gasteiger partial charge in [0.1, 0.15) is 6.54 Å². The molecule has 0 bridgehead atoms. The number of carbonyl (C=O) groups excluding carboxylic acids is 2. The Hall–Kier alpha value is -2.87. The van der Waals surface area contributed by atoms with Crippen molar-refractivity contribution in [3.63, 3.8) is 0 Å². The molecule has 1 aliphatic rings. The number of rotatable bonds is 6. The lowest BCUT2D eigenvalue weighted by Gasteiger charge is -2.33. The van der Waals surface area contributed by atoms with Crippen LogP contribution in [0.4, 0.5) is 10.6 Å². The summed E-state index contributed by atoms with van der Waals surface area (Å²) in [5, 5.41) is 12.4. The maximum atomic E-state index is 13.2. The maximum absolute atomic E-state index is 13.2. The van der Waals surface area contributed by atoms with Gasteiger partial charge in [0.05, 0.1) is 10.7 Å². The van der Waals surface area contributed by atoms with Gasteiger partial charge in [-0.05, 0) is 58.7 Å². The van der Waals surface area contributed by atoms with E-state index in [1.807, 2.05) is 75.9 Å². The van der Waals surface area contributed by atoms with Crippen molar-refractivity contribution in [2.24, 2.45) is 0 Å². The SMILES string of the molecule is CC[C@H](C)N(CC(=O)N1CCCN(c2ccc(-c3ccccc3Cl)nn2)CC1)C(=O)NC(C)(C)C. The Morgan fingerprint density at radius 2 is 1.83 bits per heavy atom. The Morgan fingerprint density at radius 1 is 1.09 bits per heavy atom. The molecule has 0 aliphatic carbocycles. The van der Waals surface area contributed by atoms with Gasteiger partial charge in [-0.15, -0.1) is 10.2 Å². The van der Waals surface area contributed by atoms with Crippen LogP contribution >= 0.6 is 11.6 Å². The molecule has 35 heavy (non-hydrogen) atoms. The molecule has 0 unspecified atom stereocenters. The maximum Gasteiger partial charge on any atom is 0.318 e. The first-order valence-electron chi connectivity index (χ1n) is 12.3. The normalized spacial score (nSPS) is 15.4. The predicted octanol–water partition coefficient (Wildman–Crippen LogP) is 4.44. The third-order valence-electron chi connectivity index (χ3n) is 6.14. The van der Waals surface area contributed by atoms with E-state index in [1.165, 1.54) is 0 Å². The fraction of sp³-hybridized carbons (Fsp3) is 0.538. The fourth-order valence-electron chi connectivity index (χ4n) is 3.99. The van der Waals surface area contributed by atoms with Crippen LogP contribution in [0.1, 0.15) is 47.5 Å². The number of carbonyl (C=O) groups is 2. The summed E-state index contributed by atoms with van der Waals surface area (Å²) in [5.41, 5.74) is 1.21. The Bertz CT molecular complexity index is 1010. The molecule has 1 fully saturated rings. The number of amides is 3. The molecule has 1 aromatic carbocycles. The molecule has 1 saturated heterocycles. The molecule has 2 aromatic rings. The van der Waals surface area contributed by atoms with Crippen molar-refractivity contribution in [1.82, 2.24) is 25.3 Å². The van der Waals surface area contributed by atoms with E-state index in [0.717, 1.165) is 36.5 Å². The molecular formula is C26H37ClN6O2. The number of nitrogens with zero attached hydrogens (tertiary/aromatic N) is 5. The predicted molar refractivity (Wildman–Crippen MR) is 141 cm³/mol. The molecule has 0 saturated carbocycles. The minimum Gasteiger partial charge on any atom is -0.353 e. The average Bonchev–Trinajstić information content (AvgIpc) is 3.08. The molecule has 8 nitrogen and oxygen atoms in total. The summed E-state index contributed by atoms with van der Waals surface area (Å²) in [4.78, 5) is 31.7. The summed E-state index contributed by atoms with van der Waals surface area (Å²) in [5.74, 6) is 0.747. The van der Waals surface area contributed by atoms with Gasteiger partial charge < -0.3 is 20.0 Å². The molecule has 1 N–H and O–H groups in total. The van der Waals surface area contributed by atoms with Crippen LogP contribution in [-0.4, -0.2) is 76.2 Å². The van der Waals surface area contributed by atoms with Gasteiger partial charge in [0.15, 0.2) is 5.82 Å². The zero-order chi connectivity index (χ0) is 25.6. The lowest BCUT2D eigenvalue weighted by molar-refractivity contribution is -0.132. The van der Waals surface area contributed by atoms with Gasteiger partial charge in [-0.3, -0.25) is 4.79 Å². The number of hydrogen-bond acceptors (Lipinski definition) is 5. The third-order valence-corrected chi connectivity index (χ3v) is 6.47. The summed E-state index contributed by atoms with van der Waals surface area (Å²) in [7, 11) is 0. The van der Waals surface area contributed by atoms with Gasteiger partial charge in [0.25, 0.3) is 0 Å². The van der Waals surface area contributed by atoms with Gasteiger partial charge in [0, 0.05) is 43.3 Å². The second-order valence-corrected chi connectivity index (χ2v) is 10.5. The number of hydrogen-bond donors (Lipinski definition) is 1. The number of anilines is 1. The highest BCUT2D eigenvalue weighted by molar-refractivity contribution is 6.33. The Labute approximate surface area is 213 Å². The highest BCUT2D eigenvalue weighted by Crippen LogP contribution is 2.26. The van der Waals surface area contributed by atoms with E-state index in [0.29, 0.717) is 24.7 Å². The van der Waals surface area contributed by atoms with Gasteiger partial charge in [0.2, 0.25) is 5.91 Å². The lowest BCUT2D eigenvalue weighted by atomic mass is 10.1. The van der Waals surface area contributed by atoms with Crippen molar-refractivity contribution in [1.29, 1.82) is 0 Å². The van der Waals surface area contributed by atoms with Crippen LogP contribution in [0, 0.1) is 0 Å². The minimum absolute atomic E-state index is 0.0308. The summed E-state index contributed by atoms with van der Waals surface area (Å²) in [6, 6.07) is 11.2. The molecule has 0 radical (unpaired) electrons. The molecule has 0 spiro atoms. The highest BCUT2D eigenvalue weighted by atomic mass is 35.5. The van der Waals surface area contributed by atoms with Crippen molar-refractivity contribution in [3.05, 3.63) is 41.4 Å². The van der Waals surface area contributed by atoms with Crippen LogP contribution in [0.15, 0.2) is 36.4 Å². The van der Waals surface area contributed by atoms with Crippen molar-refractivity contribution in [2.75, 3.05) is 37.6 Å². The summed E-state index contributed by atoms with van der Waals surface area (Å²) < 4.78 is 0. The van der Waals surface area contributed by atoms with Gasteiger partial charge in [-0.2, -0.15) is 0 Å². The largest absolute Gasteiger partial charge is 0.353 e. The van der Waals surface area contributed by atoms with E-state index < -0.39 is 0 Å². The standard InChI is InChI=1S/C26H37ClN6O2/c1-6-19(2)33(25(35)28-26(3,4)5)18-24(34)32-15-9-14-31(16-17-32)23-13-12-22(29-30-23)20-10-7-8-11-21(20)27/h7-8,10-13,19H,6,9,14-18H2,1-5H3,(H,28,35)/t19-/m0/s1. The van der Waals surface area contributed by atoms with Gasteiger partial charge >= 0.3 is 6.03 Å². The highest BCUT2D eigenvalue weighted by Gasteiger charge is 2.28. The van der Waals surface area contributed by atoms with Crippen LogP contribution < -0.4 is 10.2 Å². The van der Waals surface area contributed by atoms with E-state index in [2.05, 4.69) is 20.4 Å². The minimum atomic E-state index is -0.364. The molecule has 9 heteroatoms. The van der Waals surface area contributed by atoms with Crippen molar-refractivity contribution >= 4 is 29.4 Å². The number of aromatic nitrogens is 2. The Kier molecular flexibility index (Phi) is 8.94. The molecule has 1 aromatic heterocycles. The van der Waals surface area contributed by atoms with Crippen molar-refractivity contribution in [2.45, 2.75) is 59.0 Å². The van der Waals surface area contributed by atoms with Crippen LogP contribution in [0.5, 0.6) is 0 Å². The molecule has 1 aliphatic heterocycles. The Balaban J connectivity index is 1.63. The van der Waals surface area contributed by atoms with Crippen LogP contribution in [0.25, 0.3) is 11.3 Å². The van der Waals surface area contributed by atoms with Crippen LogP contribution in [0.3, 0.4) is 0 Å². The zero-order valence-electron chi connectivity index (χ0n) is 21.4. The lowest BCUT2D eigenvalue weighted by Crippen LogP contribution is -2.54. The number of urea groups is 1. The summed E-state index contributed by atoms with van der Waals surface area (Å²) in [6.45, 7) is 12.5. The van der Waals surface area contributed by atoms with E-state index in [9.17, 15) is 9.59 Å². The molecule has 2 heterocycles. The monoisotopic (exact) mass is 500 g/mol. The van der Waals surface area contributed by atoms with E-state index in [4.69, 9.17) is 11.6 Å². The van der Waals surface area contributed by atoms with E-state index >= 15 is 0 Å². The molecule has 3 amide bonds. The molecular weight excluding hydrogens is 464 g/mol. The first-order chi connectivity index (χ1) is 16.6. The second-order valence-electron chi connectivity index (χ2n) is 10.0. The number of benzene rings is 1. The summed E-state index contributed by atoms with van der Waals surface area (Å²) in [6.07, 6.45) is 1.60. The number of nitrogens with one attached hydrogen (secondary N) is 1. The van der Waals surface area contributed by atoms with E-state index in [1.54, 1.807) is 4.90 Å². The van der Waals surface area contributed by atoms with Gasteiger partial charge in [-0.1, -0.05) is 36.7 Å². The quantitative estimate of drug-likeness (QED) is 0.634. The summed E-state index contributed by atoms with van der Waals surface area (Å²) >= 11 is 6.29. The van der Waals surface area contributed by atoms with Crippen LogP contribution in [0.2, 0.25) is 5.02 Å². The topological polar surface area (TPSA) is 81.7 Å². The smallest absolute Gasteiger partial charge is 0.318 e. The third kappa shape index (κ3) is 7.31. The fourth-order valence-corrected chi connectivity index (χ4v) is 4.22. The zero-order valence-corrected chi connectivity index (χ0v) is 22.2. The molecule has 1 atom stereocenters.